The molecule has 1 aliphatic carbocycles. The Morgan fingerprint density at radius 2 is 1.97 bits per heavy atom. The first kappa shape index (κ1) is 22.4. The molecule has 0 spiro atoms. The lowest BCUT2D eigenvalue weighted by Crippen LogP contribution is -2.29. The number of aromatic nitrogens is 1. The van der Waals surface area contributed by atoms with E-state index in [1.165, 1.54) is 7.11 Å². The number of ketones is 1. The Hall–Kier alpha value is -2.83. The van der Waals surface area contributed by atoms with Crippen LogP contribution in [0.4, 0.5) is 5.69 Å². The predicted octanol–water partition coefficient (Wildman–Crippen LogP) is 5.40. The maximum absolute atomic E-state index is 12.4. The Kier molecular flexibility index (Phi) is 6.53. The molecule has 1 fully saturated rings. The molecule has 1 aliphatic rings. The van der Waals surface area contributed by atoms with Crippen molar-refractivity contribution >= 4 is 34.0 Å². The first-order valence-corrected chi connectivity index (χ1v) is 11.3. The molecule has 1 aromatic heterocycles. The number of halogens is 1. The van der Waals surface area contributed by atoms with E-state index in [1.807, 2.05) is 18.2 Å². The number of ether oxygens (including phenoxy) is 1. The zero-order valence-electron chi connectivity index (χ0n) is 18.3. The highest BCUT2D eigenvalue weighted by molar-refractivity contribution is 6.32. The molecule has 7 heteroatoms. The number of phenols is 1. The molecule has 0 atom stereocenters. The van der Waals surface area contributed by atoms with Crippen molar-refractivity contribution in [2.75, 3.05) is 19.0 Å². The van der Waals surface area contributed by atoms with E-state index >= 15 is 0 Å². The molecule has 0 radical (unpaired) electrons. The highest BCUT2D eigenvalue weighted by Crippen LogP contribution is 2.40. The summed E-state index contributed by atoms with van der Waals surface area (Å²) in [6.45, 7) is 2.29. The Morgan fingerprint density at radius 1 is 1.22 bits per heavy atom. The lowest BCUT2D eigenvalue weighted by atomic mass is 9.86. The second kappa shape index (κ2) is 9.35. The second-order valence-electron chi connectivity index (χ2n) is 8.44. The number of benzene rings is 2. The number of Topliss-reactive ketones (excluding diaryl/α,β-unsaturated/α-hetero) is 1. The van der Waals surface area contributed by atoms with Gasteiger partial charge in [-0.05, 0) is 80.5 Å². The summed E-state index contributed by atoms with van der Waals surface area (Å²) in [7, 11) is 1.49. The summed E-state index contributed by atoms with van der Waals surface area (Å²) in [6.07, 6.45) is 5.87. The molecule has 168 valence electrons. The van der Waals surface area contributed by atoms with E-state index in [4.69, 9.17) is 22.1 Å². The van der Waals surface area contributed by atoms with Crippen molar-refractivity contribution < 1.29 is 14.6 Å². The Labute approximate surface area is 192 Å². The molecule has 0 bridgehead atoms. The molecule has 2 aromatic carbocycles. The number of fused-ring (bicyclic) bond motifs is 1. The van der Waals surface area contributed by atoms with Crippen molar-refractivity contribution in [1.82, 2.24) is 4.98 Å². The summed E-state index contributed by atoms with van der Waals surface area (Å²) in [6, 6.07) is 9.61. The number of anilines is 1. The van der Waals surface area contributed by atoms with Crippen LogP contribution in [0.25, 0.3) is 22.0 Å². The van der Waals surface area contributed by atoms with Crippen molar-refractivity contribution in [3.05, 3.63) is 47.1 Å². The molecule has 0 saturated heterocycles. The number of methoxy groups -OCH3 is 1. The maximum atomic E-state index is 12.4. The summed E-state index contributed by atoms with van der Waals surface area (Å²) >= 11 is 6.21. The molecule has 0 aliphatic heterocycles. The number of nitrogens with one attached hydrogen (secondary N) is 1. The van der Waals surface area contributed by atoms with Gasteiger partial charge in [-0.3, -0.25) is 9.78 Å². The van der Waals surface area contributed by atoms with Crippen LogP contribution < -0.4 is 15.8 Å². The van der Waals surface area contributed by atoms with Crippen LogP contribution in [-0.2, 0) is 0 Å². The number of pyridine rings is 1. The van der Waals surface area contributed by atoms with Crippen molar-refractivity contribution in [2.24, 2.45) is 11.7 Å². The fraction of sp³-hybridized carbons (Fsp3) is 0.360. The standard InChI is InChI=1S/C25H28ClN3O3/c1-14(30)20-13-28-22-8-5-16(17-10-21(26)25(31)23(11-17)32-2)9-19(22)24(20)29-18-6-3-15(12-27)4-7-18/h5,8-11,13,15,18,31H,3-4,6-7,12,27H2,1-2H3,(H,28,29). The monoisotopic (exact) mass is 453 g/mol. The molecule has 1 heterocycles. The molecular formula is C25H28ClN3O3. The van der Waals surface area contributed by atoms with E-state index in [0.717, 1.165) is 59.9 Å². The maximum Gasteiger partial charge on any atom is 0.176 e. The lowest BCUT2D eigenvalue weighted by Gasteiger charge is -2.30. The first-order valence-electron chi connectivity index (χ1n) is 10.9. The van der Waals surface area contributed by atoms with Crippen LogP contribution in [0.1, 0.15) is 43.0 Å². The average Bonchev–Trinajstić information content (AvgIpc) is 2.81. The lowest BCUT2D eigenvalue weighted by molar-refractivity contribution is 0.101. The second-order valence-corrected chi connectivity index (χ2v) is 8.85. The number of nitrogens with two attached hydrogens (primary N) is 1. The molecule has 6 nitrogen and oxygen atoms in total. The Balaban J connectivity index is 1.79. The fourth-order valence-electron chi connectivity index (χ4n) is 4.44. The molecule has 4 rings (SSSR count). The fourth-order valence-corrected chi connectivity index (χ4v) is 4.65. The van der Waals surface area contributed by atoms with Gasteiger partial charge in [0, 0.05) is 17.6 Å². The van der Waals surface area contributed by atoms with E-state index in [0.29, 0.717) is 17.2 Å². The average molecular weight is 454 g/mol. The number of hydrogen-bond donors (Lipinski definition) is 3. The number of hydrogen-bond acceptors (Lipinski definition) is 6. The third-order valence-corrected chi connectivity index (χ3v) is 6.65. The van der Waals surface area contributed by atoms with Crippen molar-refractivity contribution in [3.8, 4) is 22.6 Å². The van der Waals surface area contributed by atoms with Gasteiger partial charge < -0.3 is 20.9 Å². The molecule has 32 heavy (non-hydrogen) atoms. The summed E-state index contributed by atoms with van der Waals surface area (Å²) in [4.78, 5) is 16.9. The van der Waals surface area contributed by atoms with Gasteiger partial charge in [-0.15, -0.1) is 0 Å². The summed E-state index contributed by atoms with van der Waals surface area (Å²) < 4.78 is 5.26. The highest BCUT2D eigenvalue weighted by atomic mass is 35.5. The Morgan fingerprint density at radius 3 is 2.62 bits per heavy atom. The van der Waals surface area contributed by atoms with Crippen LogP contribution in [0.3, 0.4) is 0 Å². The van der Waals surface area contributed by atoms with Crippen LogP contribution in [0, 0.1) is 5.92 Å². The van der Waals surface area contributed by atoms with Crippen LogP contribution >= 0.6 is 11.6 Å². The zero-order valence-corrected chi connectivity index (χ0v) is 19.1. The summed E-state index contributed by atoms with van der Waals surface area (Å²) in [5, 5.41) is 14.8. The number of carbonyl (C=O) groups excluding carboxylic acids is 1. The number of aromatic hydroxyl groups is 1. The van der Waals surface area contributed by atoms with Gasteiger partial charge in [-0.25, -0.2) is 0 Å². The SMILES string of the molecule is COc1cc(-c2ccc3ncc(C(C)=O)c(NC4CCC(CN)CC4)c3c2)cc(Cl)c1O. The molecular weight excluding hydrogens is 426 g/mol. The van der Waals surface area contributed by atoms with E-state index in [9.17, 15) is 9.90 Å². The van der Waals surface area contributed by atoms with Crippen LogP contribution in [0.2, 0.25) is 5.02 Å². The van der Waals surface area contributed by atoms with Gasteiger partial charge in [0.15, 0.2) is 17.3 Å². The predicted molar refractivity (Wildman–Crippen MR) is 129 cm³/mol. The van der Waals surface area contributed by atoms with Crippen LogP contribution in [0.5, 0.6) is 11.5 Å². The normalized spacial score (nSPS) is 18.5. The van der Waals surface area contributed by atoms with Crippen molar-refractivity contribution in [1.29, 1.82) is 0 Å². The first-order chi connectivity index (χ1) is 15.4. The summed E-state index contributed by atoms with van der Waals surface area (Å²) in [5.74, 6) is 0.764. The number of nitrogens with zero attached hydrogens (tertiary/aromatic N) is 1. The number of phenolic OH excluding ortho intramolecular Hbond substituents is 1. The van der Waals surface area contributed by atoms with Gasteiger partial charge in [0.05, 0.1) is 28.9 Å². The van der Waals surface area contributed by atoms with Gasteiger partial charge in [-0.2, -0.15) is 0 Å². The largest absolute Gasteiger partial charge is 0.503 e. The van der Waals surface area contributed by atoms with E-state index in [1.54, 1.807) is 25.3 Å². The topological polar surface area (TPSA) is 97.5 Å². The Bertz CT molecular complexity index is 1160. The smallest absolute Gasteiger partial charge is 0.176 e. The van der Waals surface area contributed by atoms with Gasteiger partial charge in [0.1, 0.15) is 0 Å². The van der Waals surface area contributed by atoms with Crippen LogP contribution in [-0.4, -0.2) is 35.6 Å². The molecule has 0 unspecified atom stereocenters. The highest BCUT2D eigenvalue weighted by Gasteiger charge is 2.23. The van der Waals surface area contributed by atoms with Crippen molar-refractivity contribution in [3.63, 3.8) is 0 Å². The third kappa shape index (κ3) is 4.38. The molecule has 4 N–H and O–H groups in total. The van der Waals surface area contributed by atoms with Crippen molar-refractivity contribution in [2.45, 2.75) is 38.6 Å². The van der Waals surface area contributed by atoms with Gasteiger partial charge in [0.25, 0.3) is 0 Å². The quantitative estimate of drug-likeness (QED) is 0.432. The summed E-state index contributed by atoms with van der Waals surface area (Å²) in [5.41, 5.74) is 9.73. The van der Waals surface area contributed by atoms with Crippen LogP contribution in [0.15, 0.2) is 36.5 Å². The van der Waals surface area contributed by atoms with E-state index in [2.05, 4.69) is 10.3 Å². The van der Waals surface area contributed by atoms with E-state index in [-0.39, 0.29) is 22.6 Å². The number of rotatable bonds is 6. The van der Waals surface area contributed by atoms with Gasteiger partial charge >= 0.3 is 0 Å². The minimum Gasteiger partial charge on any atom is -0.503 e. The molecule has 1 saturated carbocycles. The third-order valence-electron chi connectivity index (χ3n) is 6.36. The molecule has 0 amide bonds. The van der Waals surface area contributed by atoms with Gasteiger partial charge in [-0.1, -0.05) is 17.7 Å². The van der Waals surface area contributed by atoms with Gasteiger partial charge in [0.2, 0.25) is 0 Å². The molecule has 3 aromatic rings. The minimum atomic E-state index is -0.0883. The zero-order chi connectivity index (χ0) is 22.8. The minimum absolute atomic E-state index is 0.0303. The number of carbonyl (C=O) groups is 1. The van der Waals surface area contributed by atoms with E-state index < -0.39 is 0 Å².